The number of aryl methyl sites for hydroxylation is 1. The van der Waals surface area contributed by atoms with Crippen molar-refractivity contribution in [2.75, 3.05) is 25.5 Å². The average molecular weight is 477 g/mol. The smallest absolute Gasteiger partial charge is 0.361 e. The zero-order chi connectivity index (χ0) is 24.6. The molecule has 1 N–H and O–H groups in total. The normalized spacial score (nSPS) is 23.2. The molecule has 1 aliphatic heterocycles. The minimum absolute atomic E-state index is 0.137. The van der Waals surface area contributed by atoms with Crippen LogP contribution in [0.1, 0.15) is 30.5 Å². The molecule has 3 aromatic rings. The first-order valence-electron chi connectivity index (χ1n) is 10.9. The summed E-state index contributed by atoms with van der Waals surface area (Å²) in [6, 6.07) is 3.48. The van der Waals surface area contributed by atoms with Crippen LogP contribution in [0, 0.1) is 11.7 Å². The van der Waals surface area contributed by atoms with Crippen LogP contribution in [-0.4, -0.2) is 39.4 Å². The topological polar surface area (TPSA) is 72.2 Å². The Kier molecular flexibility index (Phi) is 4.91. The Labute approximate surface area is 191 Å². The van der Waals surface area contributed by atoms with Gasteiger partial charge >= 0.3 is 6.18 Å². The fourth-order valence-corrected chi connectivity index (χ4v) is 5.24. The summed E-state index contributed by atoms with van der Waals surface area (Å²) < 4.78 is 56.9. The van der Waals surface area contributed by atoms with Gasteiger partial charge in [-0.05, 0) is 32.4 Å². The van der Waals surface area contributed by atoms with Gasteiger partial charge in [-0.1, -0.05) is 12.1 Å². The minimum atomic E-state index is -4.83. The molecule has 1 saturated heterocycles. The predicted molar refractivity (Wildman–Crippen MR) is 118 cm³/mol. The van der Waals surface area contributed by atoms with Crippen LogP contribution in [-0.2, 0) is 18.8 Å². The van der Waals surface area contributed by atoms with Crippen molar-refractivity contribution in [2.45, 2.75) is 31.1 Å². The molecule has 180 valence electrons. The third-order valence-corrected chi connectivity index (χ3v) is 6.99. The Hall–Kier alpha value is -3.21. The molecule has 1 aromatic carbocycles. The van der Waals surface area contributed by atoms with Crippen LogP contribution in [0.5, 0.6) is 0 Å². The number of nitrogens with zero attached hydrogens (tertiary/aromatic N) is 4. The number of benzene rings is 1. The Bertz CT molecular complexity index is 1430. The Morgan fingerprint density at radius 1 is 1.21 bits per heavy atom. The van der Waals surface area contributed by atoms with E-state index in [1.54, 1.807) is 10.8 Å². The fourth-order valence-electron chi connectivity index (χ4n) is 5.24. The highest BCUT2D eigenvalue weighted by Crippen LogP contribution is 2.54. The van der Waals surface area contributed by atoms with Gasteiger partial charge in [-0.25, -0.2) is 9.07 Å². The number of nitrogens with one attached hydrogen (secondary N) is 1. The molecule has 2 fully saturated rings. The summed E-state index contributed by atoms with van der Waals surface area (Å²) in [7, 11) is 3.39. The molecule has 5 rings (SSSR count). The standard InChI is InChI=1S/C23H23F4N5O2/c1-12(14-5-4-6-17(19(14)24)23(25,26)27)28-20-16-10-32(22-8-13(22)9-30(2)11-22)18(33)7-15(16)21(34)31(3)29-20/h4-7,10,12-13H,8-9,11H2,1-3H3,(H,28,29)/t12-,13+,22+/m1/s1. The molecule has 0 amide bonds. The summed E-state index contributed by atoms with van der Waals surface area (Å²) >= 11 is 0. The molecule has 34 heavy (non-hydrogen) atoms. The van der Waals surface area contributed by atoms with E-state index in [2.05, 4.69) is 15.3 Å². The van der Waals surface area contributed by atoms with E-state index in [9.17, 15) is 27.2 Å². The van der Waals surface area contributed by atoms with E-state index in [0.717, 1.165) is 23.7 Å². The molecule has 0 spiro atoms. The molecule has 3 atom stereocenters. The van der Waals surface area contributed by atoms with Crippen LogP contribution in [0.2, 0.25) is 0 Å². The van der Waals surface area contributed by atoms with Crippen LogP contribution in [0.4, 0.5) is 23.4 Å². The van der Waals surface area contributed by atoms with E-state index in [0.29, 0.717) is 23.9 Å². The van der Waals surface area contributed by atoms with Gasteiger partial charge in [0.1, 0.15) is 5.82 Å². The molecule has 2 aliphatic rings. The first-order valence-corrected chi connectivity index (χ1v) is 10.9. The number of rotatable bonds is 4. The lowest BCUT2D eigenvalue weighted by Crippen LogP contribution is -2.35. The van der Waals surface area contributed by atoms with Gasteiger partial charge in [-0.3, -0.25) is 9.59 Å². The van der Waals surface area contributed by atoms with Crippen molar-refractivity contribution in [3.63, 3.8) is 0 Å². The fraction of sp³-hybridized carbons (Fsp3) is 0.435. The van der Waals surface area contributed by atoms with E-state index < -0.39 is 29.2 Å². The summed E-state index contributed by atoms with van der Waals surface area (Å²) in [5.41, 5.74) is -2.65. The van der Waals surface area contributed by atoms with E-state index in [1.165, 1.54) is 26.1 Å². The summed E-state index contributed by atoms with van der Waals surface area (Å²) in [5, 5.41) is 7.69. The largest absolute Gasteiger partial charge is 0.419 e. The highest BCUT2D eigenvalue weighted by atomic mass is 19.4. The summed E-state index contributed by atoms with van der Waals surface area (Å²) in [4.78, 5) is 27.8. The number of likely N-dealkylation sites (tertiary alicyclic amines) is 1. The predicted octanol–water partition coefficient (Wildman–Crippen LogP) is 3.09. The SMILES string of the molecule is C[C@@H](Nc1nn(C)c(=O)c2cc(=O)n([C@]34C[C@H]3CN(C)C4)cc12)c1cccc(C(F)(F)F)c1F. The van der Waals surface area contributed by atoms with Gasteiger partial charge in [-0.2, -0.15) is 18.3 Å². The van der Waals surface area contributed by atoms with Crippen LogP contribution in [0.15, 0.2) is 40.1 Å². The number of aromatic nitrogens is 3. The molecule has 0 bridgehead atoms. The number of likely N-dealkylation sites (N-methyl/N-ethyl adjacent to an activating group) is 1. The number of fused-ring (bicyclic) bond motifs is 2. The first kappa shape index (κ1) is 22.6. The highest BCUT2D eigenvalue weighted by Gasteiger charge is 2.61. The monoisotopic (exact) mass is 477 g/mol. The number of hydrogen-bond acceptors (Lipinski definition) is 5. The van der Waals surface area contributed by atoms with Gasteiger partial charge in [0.15, 0.2) is 5.82 Å². The number of pyridine rings is 1. The van der Waals surface area contributed by atoms with Gasteiger partial charge in [0.25, 0.3) is 11.1 Å². The lowest BCUT2D eigenvalue weighted by Gasteiger charge is -2.22. The van der Waals surface area contributed by atoms with Crippen molar-refractivity contribution >= 4 is 16.6 Å². The molecule has 3 heterocycles. The lowest BCUT2D eigenvalue weighted by molar-refractivity contribution is -0.140. The molecular weight excluding hydrogens is 454 g/mol. The molecule has 1 saturated carbocycles. The van der Waals surface area contributed by atoms with Crippen LogP contribution < -0.4 is 16.4 Å². The summed E-state index contributed by atoms with van der Waals surface area (Å²) in [5.74, 6) is -0.855. The number of anilines is 1. The van der Waals surface area contributed by atoms with Crippen LogP contribution >= 0.6 is 0 Å². The van der Waals surface area contributed by atoms with Crippen LogP contribution in [0.3, 0.4) is 0 Å². The van der Waals surface area contributed by atoms with E-state index in [-0.39, 0.29) is 27.9 Å². The van der Waals surface area contributed by atoms with Gasteiger partial charge in [0.2, 0.25) is 0 Å². The number of piperidine rings is 1. The Balaban J connectivity index is 1.61. The maximum atomic E-state index is 14.7. The summed E-state index contributed by atoms with van der Waals surface area (Å²) in [6.07, 6.45) is -2.37. The highest BCUT2D eigenvalue weighted by molar-refractivity contribution is 5.90. The van der Waals surface area contributed by atoms with Crippen molar-refractivity contribution in [3.8, 4) is 0 Å². The van der Waals surface area contributed by atoms with Crippen molar-refractivity contribution in [1.82, 2.24) is 19.2 Å². The van der Waals surface area contributed by atoms with Gasteiger partial charge < -0.3 is 14.8 Å². The quantitative estimate of drug-likeness (QED) is 0.585. The average Bonchev–Trinajstić information content (AvgIpc) is 3.32. The maximum absolute atomic E-state index is 14.7. The lowest BCUT2D eigenvalue weighted by atomic mass is 10.0. The summed E-state index contributed by atoms with van der Waals surface area (Å²) in [6.45, 7) is 3.08. The van der Waals surface area contributed by atoms with Crippen molar-refractivity contribution < 1.29 is 17.6 Å². The van der Waals surface area contributed by atoms with E-state index >= 15 is 0 Å². The molecule has 1 aliphatic carbocycles. The third-order valence-electron chi connectivity index (χ3n) is 6.99. The Morgan fingerprint density at radius 3 is 2.59 bits per heavy atom. The molecule has 7 nitrogen and oxygen atoms in total. The number of halogens is 4. The van der Waals surface area contributed by atoms with Crippen molar-refractivity contribution in [3.05, 3.63) is 68.1 Å². The Morgan fingerprint density at radius 2 is 1.94 bits per heavy atom. The number of alkyl halides is 3. The van der Waals surface area contributed by atoms with Gasteiger partial charge in [-0.15, -0.1) is 0 Å². The molecular formula is C23H23F4N5O2. The van der Waals surface area contributed by atoms with Gasteiger partial charge in [0.05, 0.1) is 22.5 Å². The zero-order valence-corrected chi connectivity index (χ0v) is 18.8. The molecule has 0 unspecified atom stereocenters. The van der Waals surface area contributed by atoms with Crippen molar-refractivity contribution in [2.24, 2.45) is 13.0 Å². The number of hydrogen-bond donors (Lipinski definition) is 1. The second kappa shape index (κ2) is 7.39. The second-order valence-electron chi connectivity index (χ2n) is 9.36. The van der Waals surface area contributed by atoms with Crippen LogP contribution in [0.25, 0.3) is 10.8 Å². The van der Waals surface area contributed by atoms with E-state index in [4.69, 9.17) is 0 Å². The molecule has 0 radical (unpaired) electrons. The van der Waals surface area contributed by atoms with E-state index in [1.807, 2.05) is 7.05 Å². The van der Waals surface area contributed by atoms with Gasteiger partial charge in [0, 0.05) is 43.4 Å². The molecule has 11 heteroatoms. The first-order chi connectivity index (χ1) is 15.9. The molecule has 2 aromatic heterocycles. The third kappa shape index (κ3) is 3.41. The minimum Gasteiger partial charge on any atom is -0.361 e. The second-order valence-corrected chi connectivity index (χ2v) is 9.36. The van der Waals surface area contributed by atoms with Crippen molar-refractivity contribution in [1.29, 1.82) is 0 Å². The zero-order valence-electron chi connectivity index (χ0n) is 18.8. The maximum Gasteiger partial charge on any atom is 0.419 e.